The molecule has 1 aromatic carbocycles. The number of H-pyrrole nitrogens is 1. The number of benzene rings is 1. The minimum absolute atomic E-state index is 0.460. The summed E-state index contributed by atoms with van der Waals surface area (Å²) in [7, 11) is 0. The lowest BCUT2D eigenvalue weighted by atomic mass is 10.2. The Labute approximate surface area is 150 Å². The molecule has 3 aromatic rings. The summed E-state index contributed by atoms with van der Waals surface area (Å²) in [6.07, 6.45) is 1.59. The quantitative estimate of drug-likeness (QED) is 0.465. The SMILES string of the molecule is CCNC(=NCc1ccccc1Cl)NCc1nc(-c2ccco2)n[nH]1. The van der Waals surface area contributed by atoms with Gasteiger partial charge in [0.25, 0.3) is 0 Å². The fourth-order valence-corrected chi connectivity index (χ4v) is 2.39. The first-order chi connectivity index (χ1) is 12.3. The topological polar surface area (TPSA) is 91.1 Å². The van der Waals surface area contributed by atoms with E-state index in [1.807, 2.05) is 37.3 Å². The zero-order chi connectivity index (χ0) is 17.5. The van der Waals surface area contributed by atoms with Gasteiger partial charge in [-0.2, -0.15) is 0 Å². The van der Waals surface area contributed by atoms with Crippen molar-refractivity contribution in [3.63, 3.8) is 0 Å². The van der Waals surface area contributed by atoms with E-state index < -0.39 is 0 Å². The summed E-state index contributed by atoms with van der Waals surface area (Å²) in [6.45, 7) is 3.71. The second kappa shape index (κ2) is 8.34. The third kappa shape index (κ3) is 4.60. The Bertz CT molecular complexity index is 827. The van der Waals surface area contributed by atoms with E-state index in [0.717, 1.165) is 12.1 Å². The molecule has 3 N–H and O–H groups in total. The fourth-order valence-electron chi connectivity index (χ4n) is 2.19. The molecule has 2 aromatic heterocycles. The van der Waals surface area contributed by atoms with Gasteiger partial charge in [-0.3, -0.25) is 5.10 Å². The van der Waals surface area contributed by atoms with E-state index in [-0.39, 0.29) is 0 Å². The molecule has 8 heteroatoms. The molecule has 0 spiro atoms. The highest BCUT2D eigenvalue weighted by Gasteiger charge is 2.08. The molecule has 0 fully saturated rings. The molecule has 0 radical (unpaired) electrons. The summed E-state index contributed by atoms with van der Waals surface area (Å²) in [6, 6.07) is 11.3. The van der Waals surface area contributed by atoms with Crippen LogP contribution < -0.4 is 10.6 Å². The number of nitrogens with zero attached hydrogens (tertiary/aromatic N) is 3. The molecule has 130 valence electrons. The lowest BCUT2D eigenvalue weighted by Gasteiger charge is -2.10. The first-order valence-electron chi connectivity index (χ1n) is 7.97. The summed E-state index contributed by atoms with van der Waals surface area (Å²) in [5.74, 6) is 2.52. The Morgan fingerprint density at radius 3 is 2.88 bits per heavy atom. The summed E-state index contributed by atoms with van der Waals surface area (Å²) in [5, 5.41) is 14.1. The molecular formula is C17H19ClN6O. The van der Waals surface area contributed by atoms with Crippen LogP contribution in [-0.2, 0) is 13.1 Å². The van der Waals surface area contributed by atoms with Gasteiger partial charge < -0.3 is 15.1 Å². The lowest BCUT2D eigenvalue weighted by Crippen LogP contribution is -2.37. The maximum Gasteiger partial charge on any atom is 0.216 e. The number of halogens is 1. The Kier molecular flexibility index (Phi) is 5.69. The third-order valence-electron chi connectivity index (χ3n) is 3.41. The first kappa shape index (κ1) is 17.0. The molecule has 0 atom stereocenters. The maximum atomic E-state index is 6.17. The molecule has 0 amide bonds. The number of aliphatic imine (C=N–C) groups is 1. The van der Waals surface area contributed by atoms with Crippen LogP contribution in [0.3, 0.4) is 0 Å². The predicted molar refractivity (Wildman–Crippen MR) is 97.2 cm³/mol. The van der Waals surface area contributed by atoms with Crippen LogP contribution in [0.5, 0.6) is 0 Å². The second-order valence-electron chi connectivity index (χ2n) is 5.22. The Morgan fingerprint density at radius 1 is 1.24 bits per heavy atom. The molecule has 0 saturated carbocycles. The van der Waals surface area contributed by atoms with Gasteiger partial charge in [0.05, 0.1) is 19.4 Å². The number of aromatic amines is 1. The Hall–Kier alpha value is -2.80. The summed E-state index contributed by atoms with van der Waals surface area (Å²) in [5.41, 5.74) is 0.973. The molecular weight excluding hydrogens is 340 g/mol. The normalized spacial score (nSPS) is 11.5. The van der Waals surface area contributed by atoms with Crippen molar-refractivity contribution in [2.45, 2.75) is 20.0 Å². The average Bonchev–Trinajstić information content (AvgIpc) is 3.30. The zero-order valence-corrected chi connectivity index (χ0v) is 14.5. The molecule has 0 aliphatic rings. The van der Waals surface area contributed by atoms with Crippen molar-refractivity contribution in [3.05, 3.63) is 59.1 Å². The van der Waals surface area contributed by atoms with Gasteiger partial charge in [0.15, 0.2) is 11.7 Å². The standard InChI is InChI=1S/C17H19ClN6O/c1-2-19-17(20-10-12-6-3-4-7-13(12)18)21-11-15-22-16(24-23-15)14-8-5-9-25-14/h3-9H,2,10-11H2,1H3,(H2,19,20,21)(H,22,23,24). The lowest BCUT2D eigenvalue weighted by molar-refractivity contribution is 0.577. The number of furan rings is 1. The van der Waals surface area contributed by atoms with E-state index in [1.54, 1.807) is 12.3 Å². The van der Waals surface area contributed by atoms with Crippen LogP contribution in [0, 0.1) is 0 Å². The first-order valence-corrected chi connectivity index (χ1v) is 8.35. The van der Waals surface area contributed by atoms with Crippen LogP contribution in [0.25, 0.3) is 11.6 Å². The minimum Gasteiger partial charge on any atom is -0.461 e. The minimum atomic E-state index is 0.460. The van der Waals surface area contributed by atoms with Gasteiger partial charge in [0, 0.05) is 11.6 Å². The Morgan fingerprint density at radius 2 is 2.12 bits per heavy atom. The summed E-state index contributed by atoms with van der Waals surface area (Å²) >= 11 is 6.17. The average molecular weight is 359 g/mol. The van der Waals surface area contributed by atoms with Crippen molar-refractivity contribution in [1.29, 1.82) is 0 Å². The molecule has 0 unspecified atom stereocenters. The second-order valence-corrected chi connectivity index (χ2v) is 5.63. The van der Waals surface area contributed by atoms with Crippen LogP contribution in [0.1, 0.15) is 18.3 Å². The van der Waals surface area contributed by atoms with Gasteiger partial charge in [0.2, 0.25) is 5.82 Å². The van der Waals surface area contributed by atoms with Crippen molar-refractivity contribution in [2.75, 3.05) is 6.54 Å². The highest BCUT2D eigenvalue weighted by atomic mass is 35.5. The van der Waals surface area contributed by atoms with E-state index in [9.17, 15) is 0 Å². The highest BCUT2D eigenvalue weighted by Crippen LogP contribution is 2.16. The maximum absolute atomic E-state index is 6.17. The number of guanidine groups is 1. The van der Waals surface area contributed by atoms with Crippen LogP contribution in [-0.4, -0.2) is 27.7 Å². The van der Waals surface area contributed by atoms with Gasteiger partial charge in [0.1, 0.15) is 5.82 Å². The smallest absolute Gasteiger partial charge is 0.216 e. The summed E-state index contributed by atoms with van der Waals surface area (Å²) in [4.78, 5) is 8.94. The molecule has 0 aliphatic heterocycles. The van der Waals surface area contributed by atoms with E-state index in [0.29, 0.717) is 41.5 Å². The van der Waals surface area contributed by atoms with Gasteiger partial charge in [-0.15, -0.1) is 5.10 Å². The molecule has 7 nitrogen and oxygen atoms in total. The Balaban J connectivity index is 1.62. The van der Waals surface area contributed by atoms with E-state index in [4.69, 9.17) is 16.0 Å². The van der Waals surface area contributed by atoms with Gasteiger partial charge in [-0.25, -0.2) is 9.98 Å². The van der Waals surface area contributed by atoms with E-state index in [1.165, 1.54) is 0 Å². The number of nitrogens with one attached hydrogen (secondary N) is 3. The summed E-state index contributed by atoms with van der Waals surface area (Å²) < 4.78 is 5.28. The zero-order valence-electron chi connectivity index (χ0n) is 13.8. The predicted octanol–water partition coefficient (Wildman–Crippen LogP) is 2.97. The molecule has 25 heavy (non-hydrogen) atoms. The van der Waals surface area contributed by atoms with Crippen LogP contribution >= 0.6 is 11.6 Å². The van der Waals surface area contributed by atoms with E-state index >= 15 is 0 Å². The van der Waals surface area contributed by atoms with Crippen LogP contribution in [0.2, 0.25) is 5.02 Å². The van der Waals surface area contributed by atoms with E-state index in [2.05, 4.69) is 30.8 Å². The number of aromatic nitrogens is 3. The molecule has 3 rings (SSSR count). The third-order valence-corrected chi connectivity index (χ3v) is 3.77. The highest BCUT2D eigenvalue weighted by molar-refractivity contribution is 6.31. The van der Waals surface area contributed by atoms with Crippen molar-refractivity contribution in [3.8, 4) is 11.6 Å². The number of hydrogen-bond acceptors (Lipinski definition) is 4. The van der Waals surface area contributed by atoms with Crippen molar-refractivity contribution in [2.24, 2.45) is 4.99 Å². The molecule has 0 aliphatic carbocycles. The molecule has 2 heterocycles. The van der Waals surface area contributed by atoms with Crippen LogP contribution in [0.15, 0.2) is 52.1 Å². The van der Waals surface area contributed by atoms with Gasteiger partial charge in [-0.1, -0.05) is 29.8 Å². The monoisotopic (exact) mass is 358 g/mol. The molecule has 0 bridgehead atoms. The van der Waals surface area contributed by atoms with Crippen molar-refractivity contribution in [1.82, 2.24) is 25.8 Å². The molecule has 0 saturated heterocycles. The van der Waals surface area contributed by atoms with Crippen molar-refractivity contribution < 1.29 is 4.42 Å². The van der Waals surface area contributed by atoms with Gasteiger partial charge >= 0.3 is 0 Å². The van der Waals surface area contributed by atoms with Gasteiger partial charge in [-0.05, 0) is 30.7 Å². The number of hydrogen-bond donors (Lipinski definition) is 3. The largest absolute Gasteiger partial charge is 0.461 e. The van der Waals surface area contributed by atoms with Crippen LogP contribution in [0.4, 0.5) is 0 Å². The number of rotatable bonds is 6. The fraction of sp³-hybridized carbons (Fsp3) is 0.235. The van der Waals surface area contributed by atoms with Crippen molar-refractivity contribution >= 4 is 17.6 Å².